The van der Waals surface area contributed by atoms with Gasteiger partial charge in [-0.05, 0) is 12.1 Å². The minimum absolute atomic E-state index is 0.0910. The maximum atomic E-state index is 13.1. The molecule has 1 saturated heterocycles. The summed E-state index contributed by atoms with van der Waals surface area (Å²) in [6, 6.07) is 2.95. The van der Waals surface area contributed by atoms with Crippen LogP contribution in [0.4, 0.5) is 0 Å². The van der Waals surface area contributed by atoms with Crippen molar-refractivity contribution in [3.63, 3.8) is 0 Å². The molecule has 2 aromatic rings. The van der Waals surface area contributed by atoms with Crippen LogP contribution >= 0.6 is 11.6 Å². The van der Waals surface area contributed by atoms with Crippen LogP contribution in [-0.2, 0) is 17.8 Å². The van der Waals surface area contributed by atoms with Crippen molar-refractivity contribution in [1.29, 1.82) is 0 Å². The fraction of sp³-hybridized carbons (Fsp3) is 0.375. The summed E-state index contributed by atoms with van der Waals surface area (Å²) in [6.45, 7) is 0.505. The summed E-state index contributed by atoms with van der Waals surface area (Å²) in [4.78, 5) is 14.8. The van der Waals surface area contributed by atoms with E-state index in [1.807, 2.05) is 13.2 Å². The van der Waals surface area contributed by atoms with Gasteiger partial charge >= 0.3 is 0 Å². The van der Waals surface area contributed by atoms with Crippen molar-refractivity contribution in [1.82, 2.24) is 14.7 Å². The molecule has 1 aromatic carbocycles. The SMILES string of the molecule is Cn1cc([C@H]2C[S@@](=O)CCN2C(=O)c2cc(Cl)c3c(c2)OCO3)cn1. The Hall–Kier alpha value is -2.06. The van der Waals surface area contributed by atoms with Gasteiger partial charge < -0.3 is 14.4 Å². The second-order valence-electron chi connectivity index (χ2n) is 5.96. The Morgan fingerprint density at radius 2 is 2.24 bits per heavy atom. The summed E-state index contributed by atoms with van der Waals surface area (Å²) in [7, 11) is 0.852. The van der Waals surface area contributed by atoms with Crippen molar-refractivity contribution >= 4 is 28.3 Å². The molecule has 7 nitrogen and oxygen atoms in total. The van der Waals surface area contributed by atoms with Gasteiger partial charge in [-0.15, -0.1) is 0 Å². The van der Waals surface area contributed by atoms with Crippen LogP contribution in [0, 0.1) is 0 Å². The van der Waals surface area contributed by atoms with E-state index in [4.69, 9.17) is 21.1 Å². The number of ether oxygens (including phenoxy) is 2. The minimum Gasteiger partial charge on any atom is -0.454 e. The van der Waals surface area contributed by atoms with Gasteiger partial charge in [-0.3, -0.25) is 13.7 Å². The van der Waals surface area contributed by atoms with Crippen LogP contribution in [0.3, 0.4) is 0 Å². The van der Waals surface area contributed by atoms with Crippen LogP contribution in [0.5, 0.6) is 11.5 Å². The van der Waals surface area contributed by atoms with E-state index in [0.29, 0.717) is 40.1 Å². The van der Waals surface area contributed by atoms with E-state index in [0.717, 1.165) is 5.56 Å². The van der Waals surface area contributed by atoms with Crippen molar-refractivity contribution in [3.8, 4) is 11.5 Å². The Balaban J connectivity index is 1.68. The molecule has 3 heterocycles. The Morgan fingerprint density at radius 1 is 1.40 bits per heavy atom. The molecule has 1 fully saturated rings. The third-order valence-corrected chi connectivity index (χ3v) is 5.93. The fourth-order valence-corrected chi connectivity index (χ4v) is 4.65. The van der Waals surface area contributed by atoms with Gasteiger partial charge in [-0.25, -0.2) is 0 Å². The Kier molecular flexibility index (Phi) is 4.16. The molecule has 4 rings (SSSR count). The molecule has 0 spiro atoms. The van der Waals surface area contributed by atoms with Crippen LogP contribution in [0.15, 0.2) is 24.5 Å². The summed E-state index contributed by atoms with van der Waals surface area (Å²) < 4.78 is 24.4. The predicted octanol–water partition coefficient (Wildman–Crippen LogP) is 1.75. The molecule has 0 unspecified atom stereocenters. The molecule has 2 aliphatic heterocycles. The molecule has 132 valence electrons. The zero-order valence-electron chi connectivity index (χ0n) is 13.5. The third-order valence-electron chi connectivity index (χ3n) is 4.32. The van der Waals surface area contributed by atoms with Gasteiger partial charge in [0.15, 0.2) is 11.5 Å². The fourth-order valence-electron chi connectivity index (χ4n) is 3.09. The Morgan fingerprint density at radius 3 is 3.00 bits per heavy atom. The van der Waals surface area contributed by atoms with Crippen molar-refractivity contribution < 1.29 is 18.5 Å². The summed E-state index contributed by atoms with van der Waals surface area (Å²) in [5, 5.41) is 4.51. The molecule has 0 saturated carbocycles. The van der Waals surface area contributed by atoms with E-state index in [9.17, 15) is 9.00 Å². The van der Waals surface area contributed by atoms with E-state index in [-0.39, 0.29) is 18.7 Å². The number of aromatic nitrogens is 2. The van der Waals surface area contributed by atoms with E-state index >= 15 is 0 Å². The number of hydrogen-bond acceptors (Lipinski definition) is 5. The number of nitrogens with zero attached hydrogens (tertiary/aromatic N) is 3. The highest BCUT2D eigenvalue weighted by molar-refractivity contribution is 7.85. The molecule has 0 N–H and O–H groups in total. The number of hydrogen-bond donors (Lipinski definition) is 0. The van der Waals surface area contributed by atoms with Gasteiger partial charge in [-0.1, -0.05) is 11.6 Å². The van der Waals surface area contributed by atoms with Crippen LogP contribution in [0.1, 0.15) is 22.0 Å². The lowest BCUT2D eigenvalue weighted by molar-refractivity contribution is 0.0699. The zero-order chi connectivity index (χ0) is 17.6. The maximum absolute atomic E-state index is 13.1. The molecular weight excluding hydrogens is 366 g/mol. The number of aryl methyl sites for hydroxylation is 1. The summed E-state index contributed by atoms with van der Waals surface area (Å²) in [5.74, 6) is 1.61. The minimum atomic E-state index is -0.961. The van der Waals surface area contributed by atoms with Crippen LogP contribution in [0.25, 0.3) is 0 Å². The van der Waals surface area contributed by atoms with Gasteiger partial charge in [0.25, 0.3) is 5.91 Å². The van der Waals surface area contributed by atoms with Crippen LogP contribution in [-0.4, -0.2) is 49.6 Å². The molecule has 2 atom stereocenters. The summed E-state index contributed by atoms with van der Waals surface area (Å²) >= 11 is 6.20. The monoisotopic (exact) mass is 381 g/mol. The van der Waals surface area contributed by atoms with E-state index in [1.54, 1.807) is 27.9 Å². The average molecular weight is 382 g/mol. The largest absolute Gasteiger partial charge is 0.454 e. The average Bonchev–Trinajstić information content (AvgIpc) is 3.23. The second-order valence-corrected chi connectivity index (χ2v) is 7.99. The van der Waals surface area contributed by atoms with E-state index in [2.05, 4.69) is 5.10 Å². The molecule has 0 radical (unpaired) electrons. The summed E-state index contributed by atoms with van der Waals surface area (Å²) in [6.07, 6.45) is 3.56. The van der Waals surface area contributed by atoms with Crippen molar-refractivity contribution in [2.24, 2.45) is 7.05 Å². The highest BCUT2D eigenvalue weighted by atomic mass is 35.5. The number of fused-ring (bicyclic) bond motifs is 1. The van der Waals surface area contributed by atoms with Crippen molar-refractivity contribution in [2.45, 2.75) is 6.04 Å². The Bertz CT molecular complexity index is 869. The molecule has 0 aliphatic carbocycles. The number of carbonyl (C=O) groups is 1. The predicted molar refractivity (Wildman–Crippen MR) is 92.4 cm³/mol. The number of carbonyl (C=O) groups excluding carboxylic acids is 1. The van der Waals surface area contributed by atoms with Gasteiger partial charge in [0.2, 0.25) is 6.79 Å². The van der Waals surface area contributed by atoms with Crippen molar-refractivity contribution in [2.75, 3.05) is 24.8 Å². The normalized spacial score (nSPS) is 22.2. The Labute approximate surface area is 151 Å². The van der Waals surface area contributed by atoms with E-state index < -0.39 is 10.8 Å². The number of benzene rings is 1. The number of halogens is 1. The van der Waals surface area contributed by atoms with Crippen LogP contribution < -0.4 is 9.47 Å². The second kappa shape index (κ2) is 6.34. The highest BCUT2D eigenvalue weighted by Gasteiger charge is 2.33. The maximum Gasteiger partial charge on any atom is 0.254 e. The van der Waals surface area contributed by atoms with E-state index in [1.165, 1.54) is 0 Å². The molecule has 1 aromatic heterocycles. The van der Waals surface area contributed by atoms with Crippen LogP contribution in [0.2, 0.25) is 5.02 Å². The smallest absolute Gasteiger partial charge is 0.254 e. The topological polar surface area (TPSA) is 73.7 Å². The zero-order valence-corrected chi connectivity index (χ0v) is 15.0. The first-order valence-corrected chi connectivity index (χ1v) is 9.63. The first-order valence-electron chi connectivity index (χ1n) is 7.76. The third kappa shape index (κ3) is 3.00. The lowest BCUT2D eigenvalue weighted by Gasteiger charge is -2.35. The first-order chi connectivity index (χ1) is 12.0. The van der Waals surface area contributed by atoms with Crippen molar-refractivity contribution in [3.05, 3.63) is 40.7 Å². The molecule has 1 amide bonds. The van der Waals surface area contributed by atoms with Gasteiger partial charge in [0.05, 0.1) is 17.3 Å². The van der Waals surface area contributed by atoms with Gasteiger partial charge in [0, 0.05) is 53.2 Å². The standard InChI is InChI=1S/C16H16ClN3O4S/c1-19-7-11(6-18-19)13-8-25(22)3-2-20(13)16(21)10-4-12(17)15-14(5-10)23-9-24-15/h4-7,13H,2-3,8-9H2,1H3/t13-,25+/m1/s1. The molecule has 9 heteroatoms. The highest BCUT2D eigenvalue weighted by Crippen LogP contribution is 2.40. The number of rotatable bonds is 2. The lowest BCUT2D eigenvalue weighted by atomic mass is 10.1. The molecule has 0 bridgehead atoms. The van der Waals surface area contributed by atoms with Gasteiger partial charge in [0.1, 0.15) is 0 Å². The molecule has 25 heavy (non-hydrogen) atoms. The van der Waals surface area contributed by atoms with Gasteiger partial charge in [-0.2, -0.15) is 5.10 Å². The number of amides is 1. The summed E-state index contributed by atoms with van der Waals surface area (Å²) in [5.41, 5.74) is 1.30. The first kappa shape index (κ1) is 16.4. The lowest BCUT2D eigenvalue weighted by Crippen LogP contribution is -2.44. The quantitative estimate of drug-likeness (QED) is 0.792. The molecular formula is C16H16ClN3O4S. The molecule has 2 aliphatic rings.